The van der Waals surface area contributed by atoms with Crippen molar-refractivity contribution < 1.29 is 18.0 Å². The van der Waals surface area contributed by atoms with E-state index >= 15 is 0 Å². The minimum Gasteiger partial charge on any atom is -0.307 e. The highest BCUT2D eigenvalue weighted by Gasteiger charge is 2.42. The van der Waals surface area contributed by atoms with Crippen molar-refractivity contribution in [3.8, 4) is 0 Å². The number of nitrogens with zero attached hydrogens (tertiary/aromatic N) is 2. The molecule has 0 radical (unpaired) electrons. The van der Waals surface area contributed by atoms with Crippen LogP contribution < -0.4 is 11.3 Å². The van der Waals surface area contributed by atoms with Crippen molar-refractivity contribution in [2.75, 3.05) is 5.43 Å². The van der Waals surface area contributed by atoms with Crippen LogP contribution in [-0.2, 0) is 6.42 Å². The number of hydrogen-bond donors (Lipinski definition) is 2. The molecule has 3 N–H and O–H groups in total. The molecule has 0 aliphatic carbocycles. The Hall–Kier alpha value is -1.41. The molecular weight excluding hydrogens is 261 g/mol. The van der Waals surface area contributed by atoms with Crippen LogP contribution in [-0.4, -0.2) is 22.2 Å². The zero-order valence-electron chi connectivity index (χ0n) is 8.60. The summed E-state index contributed by atoms with van der Waals surface area (Å²) in [4.78, 5) is 11.2. The number of hydrazine groups is 1. The molecule has 0 saturated carbocycles. The van der Waals surface area contributed by atoms with E-state index in [2.05, 4.69) is 15.6 Å². The summed E-state index contributed by atoms with van der Waals surface area (Å²) in [5.41, 5.74) is 1.33. The highest BCUT2D eigenvalue weighted by Crippen LogP contribution is 2.30. The molecule has 1 heterocycles. The van der Waals surface area contributed by atoms with E-state index in [0.29, 0.717) is 0 Å². The number of halogens is 4. The predicted molar refractivity (Wildman–Crippen MR) is 54.6 cm³/mol. The summed E-state index contributed by atoms with van der Waals surface area (Å²) in [5, 5.41) is 6.11. The van der Waals surface area contributed by atoms with Crippen LogP contribution in [0.15, 0.2) is 0 Å². The fourth-order valence-corrected chi connectivity index (χ4v) is 1.52. The number of nitrogens with two attached hydrogens (primary N) is 1. The highest BCUT2D eigenvalue weighted by molar-refractivity contribution is 6.33. The Kier molecular flexibility index (Phi) is 3.89. The predicted octanol–water partition coefficient (Wildman–Crippen LogP) is 1.72. The number of carbonyl (C=O) groups excluding carboxylic acids is 1. The number of anilines is 1. The smallest absolute Gasteiger partial charge is 0.307 e. The second-order valence-corrected chi connectivity index (χ2v) is 3.38. The summed E-state index contributed by atoms with van der Waals surface area (Å²) in [6, 6.07) is 0. The van der Waals surface area contributed by atoms with E-state index < -0.39 is 22.7 Å². The molecule has 1 aromatic rings. The largest absolute Gasteiger partial charge is 0.454 e. The molecule has 0 amide bonds. The average molecular weight is 269 g/mol. The van der Waals surface area contributed by atoms with E-state index in [4.69, 9.17) is 17.4 Å². The quantitative estimate of drug-likeness (QED) is 0.496. The third-order valence-corrected chi connectivity index (χ3v) is 2.27. The van der Waals surface area contributed by atoms with Crippen LogP contribution in [0.1, 0.15) is 22.8 Å². The summed E-state index contributed by atoms with van der Waals surface area (Å²) in [6.07, 6.45) is -4.92. The van der Waals surface area contributed by atoms with Crippen LogP contribution in [0, 0.1) is 0 Å². The Balaban J connectivity index is 3.45. The van der Waals surface area contributed by atoms with Crippen LogP contribution in [0.5, 0.6) is 0 Å². The van der Waals surface area contributed by atoms with Gasteiger partial charge in [-0.2, -0.15) is 13.2 Å². The fourth-order valence-electron chi connectivity index (χ4n) is 1.28. The second-order valence-electron chi connectivity index (χ2n) is 3.02. The van der Waals surface area contributed by atoms with Crippen LogP contribution in [0.3, 0.4) is 0 Å². The third-order valence-electron chi connectivity index (χ3n) is 2.01. The van der Waals surface area contributed by atoms with E-state index in [1.54, 1.807) is 6.92 Å². The number of nitrogen functional groups attached to an aromatic ring is 1. The Morgan fingerprint density at radius 3 is 2.47 bits per heavy atom. The molecule has 0 aliphatic rings. The van der Waals surface area contributed by atoms with Gasteiger partial charge in [-0.25, -0.2) is 5.84 Å². The Bertz CT molecular complexity index is 449. The number of nitrogens with one attached hydrogen (secondary N) is 1. The lowest BCUT2D eigenvalue weighted by atomic mass is 10.0. The van der Waals surface area contributed by atoms with Crippen molar-refractivity contribution in [2.45, 2.75) is 19.5 Å². The number of Topliss-reactive ketones (excluding diaryl/α,β-unsaturated/α-hetero) is 1. The Morgan fingerprint density at radius 2 is 2.06 bits per heavy atom. The Morgan fingerprint density at radius 1 is 1.47 bits per heavy atom. The summed E-state index contributed by atoms with van der Waals surface area (Å²) >= 11 is 5.47. The van der Waals surface area contributed by atoms with Gasteiger partial charge in [-0.05, 0) is 6.42 Å². The molecule has 5 nitrogen and oxygen atoms in total. The van der Waals surface area contributed by atoms with Crippen molar-refractivity contribution >= 4 is 23.2 Å². The standard InChI is InChI=1S/C8H8ClF3N4O/c1-2-3-4(5(17)8(10,11)12)6(9)15-16-7(3)14-13/h2,13H2,1H3,(H,14,16). The molecule has 0 bridgehead atoms. The lowest BCUT2D eigenvalue weighted by Crippen LogP contribution is -2.26. The maximum absolute atomic E-state index is 12.4. The summed E-state index contributed by atoms with van der Waals surface area (Å²) < 4.78 is 37.1. The number of ketones is 1. The zero-order chi connectivity index (χ0) is 13.2. The molecule has 0 saturated heterocycles. The molecule has 1 rings (SSSR count). The molecule has 17 heavy (non-hydrogen) atoms. The average Bonchev–Trinajstić information content (AvgIpc) is 2.26. The van der Waals surface area contributed by atoms with Crippen molar-refractivity contribution in [2.24, 2.45) is 5.84 Å². The van der Waals surface area contributed by atoms with Gasteiger partial charge in [-0.15, -0.1) is 10.2 Å². The summed E-state index contributed by atoms with van der Waals surface area (Å²) in [7, 11) is 0. The normalized spacial score (nSPS) is 11.4. The van der Waals surface area contributed by atoms with Gasteiger partial charge in [0.2, 0.25) is 0 Å². The Labute approximate surface area is 99.1 Å². The first kappa shape index (κ1) is 13.7. The second kappa shape index (κ2) is 4.84. The van der Waals surface area contributed by atoms with E-state index in [1.807, 2.05) is 0 Å². The van der Waals surface area contributed by atoms with Crippen LogP contribution in [0.4, 0.5) is 19.0 Å². The lowest BCUT2D eigenvalue weighted by molar-refractivity contribution is -0.0886. The molecular formula is C8H8ClF3N4O. The number of aromatic nitrogens is 2. The van der Waals surface area contributed by atoms with Gasteiger partial charge in [-0.1, -0.05) is 18.5 Å². The van der Waals surface area contributed by atoms with Crippen molar-refractivity contribution in [3.63, 3.8) is 0 Å². The highest BCUT2D eigenvalue weighted by atomic mass is 35.5. The zero-order valence-corrected chi connectivity index (χ0v) is 9.35. The summed E-state index contributed by atoms with van der Waals surface area (Å²) in [6.45, 7) is 1.54. The number of alkyl halides is 3. The molecule has 0 spiro atoms. The first-order valence-corrected chi connectivity index (χ1v) is 4.83. The number of carbonyl (C=O) groups is 1. The van der Waals surface area contributed by atoms with Gasteiger partial charge in [0.15, 0.2) is 11.0 Å². The van der Waals surface area contributed by atoms with E-state index in [9.17, 15) is 18.0 Å². The minimum atomic E-state index is -5.03. The molecule has 0 atom stereocenters. The van der Waals surface area contributed by atoms with Crippen LogP contribution in [0.25, 0.3) is 0 Å². The van der Waals surface area contributed by atoms with Crippen molar-refractivity contribution in [1.29, 1.82) is 0 Å². The molecule has 0 aliphatic heterocycles. The van der Waals surface area contributed by atoms with Gasteiger partial charge in [0.1, 0.15) is 0 Å². The van der Waals surface area contributed by atoms with Gasteiger partial charge in [0.25, 0.3) is 5.78 Å². The SMILES string of the molecule is CCc1c(NN)nnc(Cl)c1C(=O)C(F)(F)F. The molecule has 1 aromatic heterocycles. The van der Waals surface area contributed by atoms with Crippen molar-refractivity contribution in [1.82, 2.24) is 10.2 Å². The number of rotatable bonds is 3. The molecule has 9 heteroatoms. The molecule has 0 aromatic carbocycles. The first-order chi connectivity index (χ1) is 7.82. The maximum atomic E-state index is 12.4. The molecule has 94 valence electrons. The summed E-state index contributed by atoms with van der Waals surface area (Å²) in [5.74, 6) is 2.90. The monoisotopic (exact) mass is 268 g/mol. The maximum Gasteiger partial charge on any atom is 0.454 e. The van der Waals surface area contributed by atoms with Gasteiger partial charge in [0, 0.05) is 5.56 Å². The minimum absolute atomic E-state index is 0.0187. The molecule has 0 unspecified atom stereocenters. The van der Waals surface area contributed by atoms with Crippen LogP contribution in [0.2, 0.25) is 5.15 Å². The lowest BCUT2D eigenvalue weighted by Gasteiger charge is -2.13. The van der Waals surface area contributed by atoms with Gasteiger partial charge in [0.05, 0.1) is 5.56 Å². The third kappa shape index (κ3) is 2.64. The van der Waals surface area contributed by atoms with Gasteiger partial charge < -0.3 is 5.43 Å². The van der Waals surface area contributed by atoms with E-state index in [-0.39, 0.29) is 17.8 Å². The van der Waals surface area contributed by atoms with Crippen molar-refractivity contribution in [3.05, 3.63) is 16.3 Å². The molecule has 0 fully saturated rings. The van der Waals surface area contributed by atoms with Crippen LogP contribution >= 0.6 is 11.6 Å². The van der Waals surface area contributed by atoms with Gasteiger partial charge in [-0.3, -0.25) is 4.79 Å². The number of hydrogen-bond acceptors (Lipinski definition) is 5. The fraction of sp³-hybridized carbons (Fsp3) is 0.375. The van der Waals surface area contributed by atoms with Gasteiger partial charge >= 0.3 is 6.18 Å². The van der Waals surface area contributed by atoms with E-state index in [1.165, 1.54) is 0 Å². The first-order valence-electron chi connectivity index (χ1n) is 4.46. The topological polar surface area (TPSA) is 80.9 Å². The van der Waals surface area contributed by atoms with E-state index in [0.717, 1.165) is 0 Å².